The van der Waals surface area contributed by atoms with Crippen molar-refractivity contribution in [1.82, 2.24) is 9.97 Å². The van der Waals surface area contributed by atoms with Crippen molar-refractivity contribution in [3.63, 3.8) is 0 Å². The van der Waals surface area contributed by atoms with Gasteiger partial charge in [0.05, 0.1) is 0 Å². The van der Waals surface area contributed by atoms with Crippen LogP contribution in [0.15, 0.2) is 24.3 Å². The second-order valence-corrected chi connectivity index (χ2v) is 4.15. The third kappa shape index (κ3) is 3.14. The Hall–Kier alpha value is -1.68. The molecule has 1 heterocycles. The fourth-order valence-corrected chi connectivity index (χ4v) is 1.78. The summed E-state index contributed by atoms with van der Waals surface area (Å²) in [5.74, 6) is 0.824. The van der Waals surface area contributed by atoms with Crippen molar-refractivity contribution >= 4 is 23.1 Å². The average molecular weight is 252 g/mol. The molecule has 0 bridgehead atoms. The zero-order chi connectivity index (χ0) is 12.4. The molecule has 1 N–H and O–H groups in total. The maximum atomic E-state index is 13.2. The lowest BCUT2D eigenvalue weighted by atomic mass is 10.2. The normalized spacial score (nSPS) is 10.4. The number of halogens is 2. The van der Waals surface area contributed by atoms with E-state index in [4.69, 9.17) is 11.6 Å². The predicted molar refractivity (Wildman–Crippen MR) is 66.2 cm³/mol. The summed E-state index contributed by atoms with van der Waals surface area (Å²) in [6, 6.07) is 6.28. The topological polar surface area (TPSA) is 37.8 Å². The molecule has 0 amide bonds. The highest BCUT2D eigenvalue weighted by Gasteiger charge is 2.02. The van der Waals surface area contributed by atoms with Crippen LogP contribution >= 0.6 is 11.6 Å². The Morgan fingerprint density at radius 3 is 2.53 bits per heavy atom. The van der Waals surface area contributed by atoms with Gasteiger partial charge in [0.2, 0.25) is 0 Å². The molecule has 0 aliphatic carbocycles. The van der Waals surface area contributed by atoms with E-state index in [9.17, 15) is 4.39 Å². The van der Waals surface area contributed by atoms with Crippen LogP contribution in [0.3, 0.4) is 0 Å². The van der Waals surface area contributed by atoms with Gasteiger partial charge in [0.1, 0.15) is 22.6 Å². The van der Waals surface area contributed by atoms with Crippen LogP contribution in [0.1, 0.15) is 11.4 Å². The summed E-state index contributed by atoms with van der Waals surface area (Å²) in [7, 11) is 0. The molecule has 17 heavy (non-hydrogen) atoms. The fourth-order valence-electron chi connectivity index (χ4n) is 1.55. The van der Waals surface area contributed by atoms with Gasteiger partial charge in [-0.3, -0.25) is 0 Å². The van der Waals surface area contributed by atoms with Crippen LogP contribution in [0.4, 0.5) is 15.9 Å². The van der Waals surface area contributed by atoms with Crippen molar-refractivity contribution in [1.29, 1.82) is 0 Å². The van der Waals surface area contributed by atoms with Crippen LogP contribution in [0.2, 0.25) is 5.15 Å². The first kappa shape index (κ1) is 11.8. The van der Waals surface area contributed by atoms with Gasteiger partial charge >= 0.3 is 0 Å². The van der Waals surface area contributed by atoms with Crippen LogP contribution in [0.5, 0.6) is 0 Å². The van der Waals surface area contributed by atoms with Crippen molar-refractivity contribution in [3.05, 3.63) is 46.6 Å². The second kappa shape index (κ2) is 4.67. The van der Waals surface area contributed by atoms with Gasteiger partial charge in [0.25, 0.3) is 0 Å². The Balaban J connectivity index is 2.31. The number of hydrogen-bond acceptors (Lipinski definition) is 3. The monoisotopic (exact) mass is 251 g/mol. The molecule has 1 aromatic carbocycles. The molecule has 5 heteroatoms. The third-order valence-electron chi connectivity index (χ3n) is 2.12. The molecule has 3 nitrogen and oxygen atoms in total. The first-order valence-corrected chi connectivity index (χ1v) is 5.46. The van der Waals surface area contributed by atoms with Gasteiger partial charge in [-0.2, -0.15) is 0 Å². The highest BCUT2D eigenvalue weighted by molar-refractivity contribution is 6.29. The number of benzene rings is 1. The summed E-state index contributed by atoms with van der Waals surface area (Å²) < 4.78 is 13.2. The minimum atomic E-state index is -0.288. The third-order valence-corrected chi connectivity index (χ3v) is 2.31. The van der Waals surface area contributed by atoms with Gasteiger partial charge in [-0.1, -0.05) is 11.6 Å². The molecule has 1 aromatic heterocycles. The Bertz CT molecular complexity index is 467. The number of nitrogens with one attached hydrogen (secondary N) is 1. The first-order valence-electron chi connectivity index (χ1n) is 5.08. The summed E-state index contributed by atoms with van der Waals surface area (Å²) >= 11 is 5.81. The van der Waals surface area contributed by atoms with Gasteiger partial charge < -0.3 is 5.32 Å². The molecule has 2 rings (SSSR count). The number of rotatable bonds is 2. The van der Waals surface area contributed by atoms with Gasteiger partial charge in [0.15, 0.2) is 0 Å². The molecule has 0 radical (unpaired) electrons. The van der Waals surface area contributed by atoms with E-state index < -0.39 is 0 Å². The fraction of sp³-hybridized carbons (Fsp3) is 0.167. The molecule has 0 saturated carbocycles. The zero-order valence-corrected chi connectivity index (χ0v) is 10.2. The quantitative estimate of drug-likeness (QED) is 0.829. The molecule has 0 spiro atoms. The number of aryl methyl sites for hydroxylation is 2. The summed E-state index contributed by atoms with van der Waals surface area (Å²) in [5, 5.41) is 3.35. The van der Waals surface area contributed by atoms with E-state index >= 15 is 0 Å². The summed E-state index contributed by atoms with van der Waals surface area (Å²) in [4.78, 5) is 8.11. The molecular weight excluding hydrogens is 241 g/mol. The molecule has 88 valence electrons. The van der Waals surface area contributed by atoms with Crippen LogP contribution in [0, 0.1) is 19.7 Å². The molecule has 2 aromatic rings. The number of hydrogen-bond donors (Lipinski definition) is 1. The Kier molecular flexibility index (Phi) is 3.24. The van der Waals surface area contributed by atoms with E-state index in [2.05, 4.69) is 15.3 Å². The molecule has 0 fully saturated rings. The number of nitrogens with zero attached hydrogens (tertiary/aromatic N) is 2. The van der Waals surface area contributed by atoms with Crippen molar-refractivity contribution in [2.75, 3.05) is 5.32 Å². The first-order chi connectivity index (χ1) is 8.02. The maximum absolute atomic E-state index is 13.2. The Labute approximate surface area is 104 Å². The van der Waals surface area contributed by atoms with Gasteiger partial charge in [0, 0.05) is 11.8 Å². The van der Waals surface area contributed by atoms with Crippen LogP contribution in [-0.2, 0) is 0 Å². The van der Waals surface area contributed by atoms with E-state index in [0.29, 0.717) is 22.5 Å². The number of aromatic nitrogens is 2. The molecule has 0 aliphatic heterocycles. The van der Waals surface area contributed by atoms with E-state index in [1.165, 1.54) is 12.1 Å². The van der Waals surface area contributed by atoms with E-state index in [0.717, 1.165) is 5.56 Å². The second-order valence-electron chi connectivity index (χ2n) is 3.77. The van der Waals surface area contributed by atoms with Crippen molar-refractivity contribution in [2.24, 2.45) is 0 Å². The van der Waals surface area contributed by atoms with Crippen LogP contribution in [0.25, 0.3) is 0 Å². The number of anilines is 2. The van der Waals surface area contributed by atoms with Gasteiger partial charge in [-0.25, -0.2) is 14.4 Å². The lowest BCUT2D eigenvalue weighted by Gasteiger charge is -2.07. The van der Waals surface area contributed by atoms with E-state index in [1.807, 2.05) is 13.0 Å². The zero-order valence-electron chi connectivity index (χ0n) is 9.46. The van der Waals surface area contributed by atoms with Crippen molar-refractivity contribution in [3.8, 4) is 0 Å². The summed E-state index contributed by atoms with van der Waals surface area (Å²) in [5.41, 5.74) is 1.47. The molecule has 0 saturated heterocycles. The van der Waals surface area contributed by atoms with E-state index in [-0.39, 0.29) is 5.82 Å². The Morgan fingerprint density at radius 2 is 1.88 bits per heavy atom. The summed E-state index contributed by atoms with van der Waals surface area (Å²) in [6.45, 7) is 3.57. The highest BCUT2D eigenvalue weighted by atomic mass is 35.5. The average Bonchev–Trinajstić information content (AvgIpc) is 2.13. The highest BCUT2D eigenvalue weighted by Crippen LogP contribution is 2.19. The van der Waals surface area contributed by atoms with Crippen molar-refractivity contribution in [2.45, 2.75) is 13.8 Å². The lowest BCUT2D eigenvalue weighted by molar-refractivity contribution is 0.627. The minimum Gasteiger partial charge on any atom is -0.340 e. The SMILES string of the molecule is Cc1cc(F)cc(Nc2cc(Cl)nc(C)n2)c1. The van der Waals surface area contributed by atoms with Gasteiger partial charge in [-0.05, 0) is 37.6 Å². The Morgan fingerprint density at radius 1 is 1.12 bits per heavy atom. The van der Waals surface area contributed by atoms with Crippen LogP contribution < -0.4 is 5.32 Å². The minimum absolute atomic E-state index is 0.288. The van der Waals surface area contributed by atoms with Crippen LogP contribution in [-0.4, -0.2) is 9.97 Å². The van der Waals surface area contributed by atoms with E-state index in [1.54, 1.807) is 13.0 Å². The maximum Gasteiger partial charge on any atom is 0.135 e. The lowest BCUT2D eigenvalue weighted by Crippen LogP contribution is -1.98. The molecular formula is C12H11ClFN3. The smallest absolute Gasteiger partial charge is 0.135 e. The van der Waals surface area contributed by atoms with Crippen molar-refractivity contribution < 1.29 is 4.39 Å². The largest absolute Gasteiger partial charge is 0.340 e. The predicted octanol–water partition coefficient (Wildman–Crippen LogP) is 3.63. The standard InChI is InChI=1S/C12H11ClFN3/c1-7-3-9(14)5-10(4-7)17-12-6-11(13)15-8(2)16-12/h3-6H,1-2H3,(H,15,16,17). The molecule has 0 atom stereocenters. The molecule has 0 aliphatic rings. The van der Waals surface area contributed by atoms with Gasteiger partial charge in [-0.15, -0.1) is 0 Å². The summed E-state index contributed by atoms with van der Waals surface area (Å²) in [6.07, 6.45) is 0. The molecule has 0 unspecified atom stereocenters.